The van der Waals surface area contributed by atoms with Crippen LogP contribution in [0.1, 0.15) is 43.5 Å². The molecule has 0 bridgehead atoms. The molecule has 1 N–H and O–H groups in total. The SMILES string of the molecule is CCCCC(c1ccccc1)N1CCn2cc(O)c(=O)cc2C1. The molecule has 0 saturated carbocycles. The van der Waals surface area contributed by atoms with Crippen LogP contribution in [-0.4, -0.2) is 21.1 Å². The smallest absolute Gasteiger partial charge is 0.223 e. The first-order valence-electron chi connectivity index (χ1n) is 8.40. The molecule has 3 rings (SSSR count). The first-order chi connectivity index (χ1) is 11.2. The molecular weight excluding hydrogens is 288 g/mol. The molecule has 0 saturated heterocycles. The number of hydrogen-bond acceptors (Lipinski definition) is 3. The lowest BCUT2D eigenvalue weighted by Gasteiger charge is -2.36. The van der Waals surface area contributed by atoms with Crippen molar-refractivity contribution in [1.29, 1.82) is 0 Å². The van der Waals surface area contributed by atoms with Crippen LogP contribution >= 0.6 is 0 Å². The third kappa shape index (κ3) is 3.48. The molecule has 0 aliphatic carbocycles. The Morgan fingerprint density at radius 1 is 1.22 bits per heavy atom. The second kappa shape index (κ2) is 7.01. The molecule has 1 aromatic heterocycles. The predicted octanol–water partition coefficient (Wildman–Crippen LogP) is 3.30. The van der Waals surface area contributed by atoms with Crippen molar-refractivity contribution >= 4 is 0 Å². The van der Waals surface area contributed by atoms with E-state index in [1.807, 2.05) is 10.6 Å². The monoisotopic (exact) mass is 312 g/mol. The van der Waals surface area contributed by atoms with Crippen LogP contribution in [0.4, 0.5) is 0 Å². The van der Waals surface area contributed by atoms with Gasteiger partial charge in [-0.3, -0.25) is 9.69 Å². The van der Waals surface area contributed by atoms with Crippen molar-refractivity contribution in [3.8, 4) is 5.75 Å². The highest BCUT2D eigenvalue weighted by atomic mass is 16.3. The van der Waals surface area contributed by atoms with Gasteiger partial charge in [0.05, 0.1) is 6.20 Å². The third-order valence-electron chi connectivity index (χ3n) is 4.65. The normalized spacial score (nSPS) is 16.0. The van der Waals surface area contributed by atoms with Crippen molar-refractivity contribution in [2.24, 2.45) is 0 Å². The van der Waals surface area contributed by atoms with Crippen molar-refractivity contribution in [1.82, 2.24) is 9.47 Å². The third-order valence-corrected chi connectivity index (χ3v) is 4.65. The molecule has 4 heteroatoms. The summed E-state index contributed by atoms with van der Waals surface area (Å²) in [6.45, 7) is 4.70. The number of benzene rings is 1. The molecule has 122 valence electrons. The summed E-state index contributed by atoms with van der Waals surface area (Å²) >= 11 is 0. The molecule has 0 radical (unpaired) electrons. The molecule has 0 spiro atoms. The number of aromatic nitrogens is 1. The summed E-state index contributed by atoms with van der Waals surface area (Å²) in [6, 6.07) is 12.6. The quantitative estimate of drug-likeness (QED) is 0.921. The number of aromatic hydroxyl groups is 1. The summed E-state index contributed by atoms with van der Waals surface area (Å²) in [5, 5.41) is 9.60. The van der Waals surface area contributed by atoms with Crippen LogP contribution in [0, 0.1) is 0 Å². The van der Waals surface area contributed by atoms with Gasteiger partial charge >= 0.3 is 0 Å². The predicted molar refractivity (Wildman–Crippen MR) is 91.5 cm³/mol. The Bertz CT molecular complexity index is 709. The lowest BCUT2D eigenvalue weighted by Crippen LogP contribution is -2.37. The molecule has 23 heavy (non-hydrogen) atoms. The van der Waals surface area contributed by atoms with Crippen LogP contribution < -0.4 is 5.43 Å². The van der Waals surface area contributed by atoms with Crippen molar-refractivity contribution < 1.29 is 5.11 Å². The fraction of sp³-hybridized carbons (Fsp3) is 0.421. The summed E-state index contributed by atoms with van der Waals surface area (Å²) < 4.78 is 2.00. The van der Waals surface area contributed by atoms with Gasteiger partial charge < -0.3 is 9.67 Å². The van der Waals surface area contributed by atoms with Gasteiger partial charge in [-0.25, -0.2) is 0 Å². The molecule has 0 amide bonds. The minimum Gasteiger partial charge on any atom is -0.503 e. The van der Waals surface area contributed by atoms with Crippen molar-refractivity contribution in [3.63, 3.8) is 0 Å². The largest absolute Gasteiger partial charge is 0.503 e. The number of hydrogen-bond donors (Lipinski definition) is 1. The zero-order valence-electron chi connectivity index (χ0n) is 13.6. The Morgan fingerprint density at radius 3 is 2.74 bits per heavy atom. The highest BCUT2D eigenvalue weighted by molar-refractivity contribution is 5.23. The second-order valence-corrected chi connectivity index (χ2v) is 6.25. The Balaban J connectivity index is 1.86. The van der Waals surface area contributed by atoms with Gasteiger partial charge in [-0.1, -0.05) is 50.1 Å². The Morgan fingerprint density at radius 2 is 2.00 bits per heavy atom. The molecule has 1 aliphatic heterocycles. The van der Waals surface area contributed by atoms with E-state index in [-0.39, 0.29) is 11.2 Å². The van der Waals surface area contributed by atoms with E-state index in [1.165, 1.54) is 18.4 Å². The number of nitrogens with zero attached hydrogens (tertiary/aromatic N) is 2. The van der Waals surface area contributed by atoms with Crippen LogP contribution in [0.5, 0.6) is 5.75 Å². The highest BCUT2D eigenvalue weighted by Gasteiger charge is 2.24. The van der Waals surface area contributed by atoms with E-state index in [2.05, 4.69) is 36.1 Å². The fourth-order valence-electron chi connectivity index (χ4n) is 3.37. The van der Waals surface area contributed by atoms with Crippen LogP contribution in [-0.2, 0) is 13.1 Å². The van der Waals surface area contributed by atoms with E-state index in [4.69, 9.17) is 0 Å². The van der Waals surface area contributed by atoms with Gasteiger partial charge in [0, 0.05) is 37.4 Å². The maximum Gasteiger partial charge on any atom is 0.223 e. The average Bonchev–Trinajstić information content (AvgIpc) is 2.57. The van der Waals surface area contributed by atoms with E-state index >= 15 is 0 Å². The van der Waals surface area contributed by atoms with Gasteiger partial charge in [-0.15, -0.1) is 0 Å². The van der Waals surface area contributed by atoms with Crippen molar-refractivity contribution in [3.05, 3.63) is 64.1 Å². The summed E-state index contributed by atoms with van der Waals surface area (Å²) in [4.78, 5) is 14.2. The molecule has 1 atom stereocenters. The van der Waals surface area contributed by atoms with Gasteiger partial charge in [-0.2, -0.15) is 0 Å². The number of rotatable bonds is 5. The van der Waals surface area contributed by atoms with E-state index in [0.29, 0.717) is 6.04 Å². The molecule has 4 nitrogen and oxygen atoms in total. The summed E-state index contributed by atoms with van der Waals surface area (Å²) in [7, 11) is 0. The summed E-state index contributed by atoms with van der Waals surface area (Å²) in [5.74, 6) is -0.159. The average molecular weight is 312 g/mol. The van der Waals surface area contributed by atoms with E-state index in [1.54, 1.807) is 12.3 Å². The minimum absolute atomic E-state index is 0.159. The topological polar surface area (TPSA) is 45.5 Å². The molecule has 0 fully saturated rings. The van der Waals surface area contributed by atoms with Gasteiger partial charge in [0.1, 0.15) is 0 Å². The zero-order chi connectivity index (χ0) is 16.2. The summed E-state index contributed by atoms with van der Waals surface area (Å²) in [6.07, 6.45) is 5.07. The lowest BCUT2D eigenvalue weighted by atomic mass is 9.98. The maximum absolute atomic E-state index is 11.7. The molecular formula is C19H24N2O2. The first kappa shape index (κ1) is 15.8. The first-order valence-corrected chi connectivity index (χ1v) is 8.40. The van der Waals surface area contributed by atoms with Gasteiger partial charge in [-0.05, 0) is 12.0 Å². The highest BCUT2D eigenvalue weighted by Crippen LogP contribution is 2.29. The van der Waals surface area contributed by atoms with Gasteiger partial charge in [0.2, 0.25) is 5.43 Å². The van der Waals surface area contributed by atoms with Gasteiger partial charge in [0.15, 0.2) is 5.75 Å². The van der Waals surface area contributed by atoms with Crippen molar-refractivity contribution in [2.75, 3.05) is 6.54 Å². The molecule has 2 aromatic rings. The molecule has 1 aromatic carbocycles. The van der Waals surface area contributed by atoms with Crippen molar-refractivity contribution in [2.45, 2.75) is 45.3 Å². The van der Waals surface area contributed by atoms with Crippen LogP contribution in [0.25, 0.3) is 0 Å². The molecule has 1 aliphatic rings. The number of pyridine rings is 1. The fourth-order valence-corrected chi connectivity index (χ4v) is 3.37. The van der Waals surface area contributed by atoms with Crippen LogP contribution in [0.3, 0.4) is 0 Å². The standard InChI is InChI=1S/C19H24N2O2/c1-2-3-9-17(15-7-5-4-6-8-15)21-11-10-20-14-19(23)18(22)12-16(20)13-21/h4-8,12,14,17,23H,2-3,9-11,13H2,1H3. The minimum atomic E-state index is -0.289. The number of fused-ring (bicyclic) bond motifs is 1. The van der Waals surface area contributed by atoms with E-state index < -0.39 is 0 Å². The second-order valence-electron chi connectivity index (χ2n) is 6.25. The van der Waals surface area contributed by atoms with E-state index in [0.717, 1.165) is 31.7 Å². The van der Waals surface area contributed by atoms with Crippen LogP contribution in [0.2, 0.25) is 0 Å². The Labute approximate surface area is 137 Å². The van der Waals surface area contributed by atoms with Crippen LogP contribution in [0.15, 0.2) is 47.4 Å². The Kier molecular flexibility index (Phi) is 4.82. The zero-order valence-corrected chi connectivity index (χ0v) is 13.6. The number of unbranched alkanes of at least 4 members (excludes halogenated alkanes) is 1. The summed E-state index contributed by atoms with van der Waals surface area (Å²) in [5.41, 5.74) is 2.04. The molecule has 2 heterocycles. The van der Waals surface area contributed by atoms with Gasteiger partial charge in [0.25, 0.3) is 0 Å². The van der Waals surface area contributed by atoms with E-state index in [9.17, 15) is 9.90 Å². The Hall–Kier alpha value is -2.07. The molecule has 1 unspecified atom stereocenters. The maximum atomic E-state index is 11.7. The lowest BCUT2D eigenvalue weighted by molar-refractivity contribution is 0.144.